The SMILES string of the molecule is O=C(O)CC1CCN(S(=O)(=O)c2cc(F)ccc2Cl)C1. The third-order valence-corrected chi connectivity index (χ3v) is 5.57. The number of halogens is 2. The maximum absolute atomic E-state index is 13.2. The summed E-state index contributed by atoms with van der Waals surface area (Å²) >= 11 is 5.81. The molecule has 8 heteroatoms. The van der Waals surface area contributed by atoms with Crippen molar-refractivity contribution in [2.45, 2.75) is 17.7 Å². The Morgan fingerprint density at radius 3 is 2.85 bits per heavy atom. The van der Waals surface area contributed by atoms with Gasteiger partial charge in [-0.3, -0.25) is 4.79 Å². The number of carboxylic acid groups (broad SMARTS) is 1. The van der Waals surface area contributed by atoms with Gasteiger partial charge >= 0.3 is 5.97 Å². The molecule has 0 bridgehead atoms. The highest BCUT2D eigenvalue weighted by atomic mass is 35.5. The molecule has 1 aliphatic rings. The third-order valence-electron chi connectivity index (χ3n) is 3.22. The van der Waals surface area contributed by atoms with E-state index in [-0.39, 0.29) is 35.3 Å². The summed E-state index contributed by atoms with van der Waals surface area (Å²) in [6.45, 7) is 0.328. The van der Waals surface area contributed by atoms with Gasteiger partial charge in [0.05, 0.1) is 5.02 Å². The van der Waals surface area contributed by atoms with Gasteiger partial charge in [0.1, 0.15) is 10.7 Å². The molecule has 0 amide bonds. The van der Waals surface area contributed by atoms with Crippen LogP contribution >= 0.6 is 11.6 Å². The van der Waals surface area contributed by atoms with Crippen LogP contribution in [0.25, 0.3) is 0 Å². The van der Waals surface area contributed by atoms with Gasteiger partial charge < -0.3 is 5.11 Å². The van der Waals surface area contributed by atoms with Gasteiger partial charge in [0.25, 0.3) is 0 Å². The molecule has 110 valence electrons. The minimum Gasteiger partial charge on any atom is -0.481 e. The largest absolute Gasteiger partial charge is 0.481 e. The molecule has 20 heavy (non-hydrogen) atoms. The van der Waals surface area contributed by atoms with Crippen molar-refractivity contribution in [1.82, 2.24) is 4.31 Å². The van der Waals surface area contributed by atoms with Gasteiger partial charge in [0.15, 0.2) is 0 Å². The van der Waals surface area contributed by atoms with E-state index in [0.717, 1.165) is 16.4 Å². The molecule has 1 saturated heterocycles. The Hall–Kier alpha value is -1.18. The first-order chi connectivity index (χ1) is 9.30. The molecule has 0 radical (unpaired) electrons. The number of nitrogens with zero attached hydrogens (tertiary/aromatic N) is 1. The highest BCUT2D eigenvalue weighted by Gasteiger charge is 2.34. The van der Waals surface area contributed by atoms with Crippen LogP contribution < -0.4 is 0 Å². The van der Waals surface area contributed by atoms with Crippen molar-refractivity contribution in [3.63, 3.8) is 0 Å². The summed E-state index contributed by atoms with van der Waals surface area (Å²) in [6, 6.07) is 3.15. The highest BCUT2D eigenvalue weighted by Crippen LogP contribution is 2.30. The Balaban J connectivity index is 2.24. The van der Waals surface area contributed by atoms with Crippen molar-refractivity contribution < 1.29 is 22.7 Å². The smallest absolute Gasteiger partial charge is 0.303 e. The van der Waals surface area contributed by atoms with Gasteiger partial charge in [0, 0.05) is 19.5 Å². The molecule has 1 aliphatic heterocycles. The van der Waals surface area contributed by atoms with Gasteiger partial charge in [-0.2, -0.15) is 4.31 Å². The normalized spacial score (nSPS) is 20.2. The summed E-state index contributed by atoms with van der Waals surface area (Å²) in [6.07, 6.45) is 0.390. The van der Waals surface area contributed by atoms with Crippen LogP contribution in [0.15, 0.2) is 23.1 Å². The van der Waals surface area contributed by atoms with Gasteiger partial charge in [-0.15, -0.1) is 0 Å². The summed E-state index contributed by atoms with van der Waals surface area (Å²) in [5, 5.41) is 8.67. The molecule has 1 aromatic rings. The second-order valence-electron chi connectivity index (χ2n) is 4.69. The zero-order valence-corrected chi connectivity index (χ0v) is 12.0. The van der Waals surface area contributed by atoms with Gasteiger partial charge in [-0.1, -0.05) is 11.6 Å². The molecule has 1 atom stereocenters. The van der Waals surface area contributed by atoms with E-state index < -0.39 is 21.8 Å². The second-order valence-corrected chi connectivity index (χ2v) is 7.00. The van der Waals surface area contributed by atoms with E-state index >= 15 is 0 Å². The topological polar surface area (TPSA) is 74.7 Å². The first-order valence-corrected chi connectivity index (χ1v) is 7.79. The number of sulfonamides is 1. The Morgan fingerprint density at radius 2 is 2.20 bits per heavy atom. The number of carboxylic acids is 1. The van der Waals surface area contributed by atoms with Crippen molar-refractivity contribution in [2.75, 3.05) is 13.1 Å². The molecule has 0 aromatic heterocycles. The molecular weight excluding hydrogens is 309 g/mol. The predicted octanol–water partition coefficient (Wildman–Crippen LogP) is 1.96. The molecule has 1 unspecified atom stereocenters. The molecule has 0 saturated carbocycles. The lowest BCUT2D eigenvalue weighted by molar-refractivity contribution is -0.137. The molecule has 1 heterocycles. The van der Waals surface area contributed by atoms with Crippen LogP contribution in [-0.2, 0) is 14.8 Å². The fourth-order valence-electron chi connectivity index (χ4n) is 2.24. The maximum Gasteiger partial charge on any atom is 0.303 e. The standard InChI is InChI=1S/C12H13ClFNO4S/c13-10-2-1-9(14)6-11(10)20(18,19)15-4-3-8(7-15)5-12(16)17/h1-2,6,8H,3-5,7H2,(H,16,17). The number of hydrogen-bond donors (Lipinski definition) is 1. The molecule has 5 nitrogen and oxygen atoms in total. The number of benzene rings is 1. The van der Waals surface area contributed by atoms with Crippen LogP contribution in [0.5, 0.6) is 0 Å². The first-order valence-electron chi connectivity index (χ1n) is 5.97. The monoisotopic (exact) mass is 321 g/mol. The van der Waals surface area contributed by atoms with E-state index in [4.69, 9.17) is 16.7 Å². The summed E-state index contributed by atoms with van der Waals surface area (Å²) in [5.74, 6) is -1.87. The fourth-order valence-corrected chi connectivity index (χ4v) is 4.26. The highest BCUT2D eigenvalue weighted by molar-refractivity contribution is 7.89. The third kappa shape index (κ3) is 3.11. The summed E-state index contributed by atoms with van der Waals surface area (Å²) in [7, 11) is -3.89. The van der Waals surface area contributed by atoms with E-state index in [1.165, 1.54) is 6.07 Å². The predicted molar refractivity (Wildman–Crippen MR) is 70.5 cm³/mol. The molecule has 0 spiro atoms. The van der Waals surface area contributed by atoms with E-state index in [9.17, 15) is 17.6 Å². The lowest BCUT2D eigenvalue weighted by atomic mass is 10.1. The Morgan fingerprint density at radius 1 is 1.50 bits per heavy atom. The van der Waals surface area contributed by atoms with Gasteiger partial charge in [-0.25, -0.2) is 12.8 Å². The average molecular weight is 322 g/mol. The zero-order valence-electron chi connectivity index (χ0n) is 10.4. The van der Waals surface area contributed by atoms with Crippen molar-refractivity contribution in [3.05, 3.63) is 29.0 Å². The molecule has 0 aliphatic carbocycles. The molecular formula is C12H13ClFNO4S. The van der Waals surface area contributed by atoms with E-state index in [1.807, 2.05) is 0 Å². The Bertz CT molecular complexity index is 634. The van der Waals surface area contributed by atoms with Crippen LogP contribution in [0.2, 0.25) is 5.02 Å². The molecule has 1 fully saturated rings. The van der Waals surface area contributed by atoms with E-state index in [2.05, 4.69) is 0 Å². The van der Waals surface area contributed by atoms with Crippen molar-refractivity contribution in [3.8, 4) is 0 Å². The van der Waals surface area contributed by atoms with Crippen LogP contribution in [0.1, 0.15) is 12.8 Å². The van der Waals surface area contributed by atoms with Gasteiger partial charge in [-0.05, 0) is 30.5 Å². The van der Waals surface area contributed by atoms with Crippen LogP contribution in [0, 0.1) is 11.7 Å². The minimum atomic E-state index is -3.89. The van der Waals surface area contributed by atoms with E-state index in [1.54, 1.807) is 0 Å². The fraction of sp³-hybridized carbons (Fsp3) is 0.417. The van der Waals surface area contributed by atoms with Crippen LogP contribution in [0.4, 0.5) is 4.39 Å². The first kappa shape index (κ1) is 15.2. The number of rotatable bonds is 4. The van der Waals surface area contributed by atoms with Crippen molar-refractivity contribution in [1.29, 1.82) is 0 Å². The van der Waals surface area contributed by atoms with Gasteiger partial charge in [0.2, 0.25) is 10.0 Å². The number of aliphatic carboxylic acids is 1. The number of carbonyl (C=O) groups is 1. The average Bonchev–Trinajstić information content (AvgIpc) is 2.80. The lowest BCUT2D eigenvalue weighted by Crippen LogP contribution is -2.29. The minimum absolute atomic E-state index is 0.0481. The maximum atomic E-state index is 13.2. The molecule has 1 N–H and O–H groups in total. The summed E-state index contributed by atoms with van der Waals surface area (Å²) in [4.78, 5) is 10.4. The van der Waals surface area contributed by atoms with E-state index in [0.29, 0.717) is 6.42 Å². The molecule has 1 aromatic carbocycles. The Labute approximate surface area is 121 Å². The van der Waals surface area contributed by atoms with Crippen LogP contribution in [-0.4, -0.2) is 36.9 Å². The number of hydrogen-bond acceptors (Lipinski definition) is 3. The van der Waals surface area contributed by atoms with Crippen molar-refractivity contribution in [2.24, 2.45) is 5.92 Å². The Kier molecular flexibility index (Phi) is 4.31. The molecule has 2 rings (SSSR count). The second kappa shape index (κ2) is 5.67. The lowest BCUT2D eigenvalue weighted by Gasteiger charge is -2.17. The quantitative estimate of drug-likeness (QED) is 0.920. The van der Waals surface area contributed by atoms with Crippen LogP contribution in [0.3, 0.4) is 0 Å². The summed E-state index contributed by atoms with van der Waals surface area (Å²) < 4.78 is 39.1. The summed E-state index contributed by atoms with van der Waals surface area (Å²) in [5.41, 5.74) is 0. The van der Waals surface area contributed by atoms with Crippen molar-refractivity contribution >= 4 is 27.6 Å². The zero-order chi connectivity index (χ0) is 14.9.